The first kappa shape index (κ1) is 18.1. The van der Waals surface area contributed by atoms with Crippen LogP contribution in [0.4, 0.5) is 11.4 Å². The van der Waals surface area contributed by atoms with E-state index in [0.717, 1.165) is 12.1 Å². The molecule has 26 heavy (non-hydrogen) atoms. The Balaban J connectivity index is 1.85. The Hall–Kier alpha value is -2.73. The molecule has 0 aliphatic carbocycles. The number of ether oxygens (including phenoxy) is 2. The minimum absolute atomic E-state index is 0.0752. The molecular formula is C19H19ClN2O4. The number of anilines is 2. The summed E-state index contributed by atoms with van der Waals surface area (Å²) in [5, 5.41) is 3.15. The van der Waals surface area contributed by atoms with Crippen LogP contribution >= 0.6 is 11.6 Å². The van der Waals surface area contributed by atoms with Crippen LogP contribution in [0.2, 0.25) is 5.02 Å². The van der Waals surface area contributed by atoms with E-state index in [0.29, 0.717) is 40.7 Å². The molecule has 1 aliphatic heterocycles. The molecule has 0 radical (unpaired) electrons. The molecule has 0 aromatic heterocycles. The fourth-order valence-corrected chi connectivity index (χ4v) is 3.13. The number of methoxy groups -OCH3 is 2. The van der Waals surface area contributed by atoms with E-state index < -0.39 is 0 Å². The highest BCUT2D eigenvalue weighted by Gasteiger charge is 2.22. The summed E-state index contributed by atoms with van der Waals surface area (Å²) in [5.74, 6) is 0.644. The lowest BCUT2D eigenvalue weighted by atomic mass is 10.1. The van der Waals surface area contributed by atoms with E-state index in [1.807, 2.05) is 6.07 Å². The Labute approximate surface area is 156 Å². The third kappa shape index (κ3) is 3.60. The van der Waals surface area contributed by atoms with Crippen LogP contribution in [0.15, 0.2) is 36.4 Å². The van der Waals surface area contributed by atoms with Crippen LogP contribution in [-0.4, -0.2) is 32.6 Å². The molecule has 7 heteroatoms. The number of nitrogens with one attached hydrogen (secondary N) is 1. The first-order chi connectivity index (χ1) is 12.5. The van der Waals surface area contributed by atoms with Gasteiger partial charge in [0.25, 0.3) is 5.91 Å². The topological polar surface area (TPSA) is 67.9 Å². The molecule has 2 amide bonds. The smallest absolute Gasteiger partial charge is 0.255 e. The standard InChI is InChI=1S/C19H19ClN2O4/c1-25-16-11-17(26-2)15(10-14(16)20)21-19(24)12-5-3-6-13(9-12)22-8-4-7-18(22)23/h3,5-6,9-11H,4,7-8H2,1-2H3,(H,21,24). The maximum absolute atomic E-state index is 12.7. The summed E-state index contributed by atoms with van der Waals surface area (Å²) in [6.45, 7) is 0.672. The van der Waals surface area contributed by atoms with Crippen molar-refractivity contribution in [3.8, 4) is 11.5 Å². The fraction of sp³-hybridized carbons (Fsp3) is 0.263. The van der Waals surface area contributed by atoms with Gasteiger partial charge in [0.05, 0.1) is 24.9 Å². The van der Waals surface area contributed by atoms with Crippen molar-refractivity contribution in [1.29, 1.82) is 0 Å². The van der Waals surface area contributed by atoms with E-state index in [2.05, 4.69) is 5.32 Å². The van der Waals surface area contributed by atoms with Gasteiger partial charge in [0.1, 0.15) is 11.5 Å². The van der Waals surface area contributed by atoms with Gasteiger partial charge in [-0.25, -0.2) is 0 Å². The van der Waals surface area contributed by atoms with Crippen LogP contribution < -0.4 is 19.7 Å². The summed E-state index contributed by atoms with van der Waals surface area (Å²) in [6, 6.07) is 10.2. The summed E-state index contributed by atoms with van der Waals surface area (Å²) >= 11 is 6.14. The SMILES string of the molecule is COc1cc(OC)c(NC(=O)c2cccc(N3CCCC3=O)c2)cc1Cl. The molecular weight excluding hydrogens is 356 g/mol. The minimum Gasteiger partial charge on any atom is -0.495 e. The van der Waals surface area contributed by atoms with Crippen molar-refractivity contribution >= 4 is 34.8 Å². The molecule has 0 saturated carbocycles. The second-order valence-corrected chi connectivity index (χ2v) is 6.25. The van der Waals surface area contributed by atoms with Crippen LogP contribution in [0.1, 0.15) is 23.2 Å². The normalized spacial score (nSPS) is 13.7. The number of benzene rings is 2. The van der Waals surface area contributed by atoms with Gasteiger partial charge < -0.3 is 19.7 Å². The first-order valence-corrected chi connectivity index (χ1v) is 8.54. The number of halogens is 1. The number of carbonyl (C=O) groups is 2. The Kier molecular flexibility index (Phi) is 5.32. The van der Waals surface area contributed by atoms with Crippen molar-refractivity contribution in [1.82, 2.24) is 0 Å². The van der Waals surface area contributed by atoms with Gasteiger partial charge in [-0.2, -0.15) is 0 Å². The first-order valence-electron chi connectivity index (χ1n) is 8.17. The third-order valence-corrected chi connectivity index (χ3v) is 4.51. The van der Waals surface area contributed by atoms with Crippen LogP contribution in [-0.2, 0) is 4.79 Å². The molecule has 6 nitrogen and oxygen atoms in total. The maximum atomic E-state index is 12.7. The zero-order chi connectivity index (χ0) is 18.7. The van der Waals surface area contributed by atoms with Gasteiger partial charge in [-0.1, -0.05) is 17.7 Å². The lowest BCUT2D eigenvalue weighted by Gasteiger charge is -2.17. The van der Waals surface area contributed by atoms with Gasteiger partial charge in [0.15, 0.2) is 0 Å². The van der Waals surface area contributed by atoms with Crippen molar-refractivity contribution in [2.24, 2.45) is 0 Å². The fourth-order valence-electron chi connectivity index (χ4n) is 2.89. The summed E-state index contributed by atoms with van der Waals surface area (Å²) in [7, 11) is 3.00. The largest absolute Gasteiger partial charge is 0.495 e. The van der Waals surface area contributed by atoms with E-state index >= 15 is 0 Å². The van der Waals surface area contributed by atoms with Crippen LogP contribution in [0, 0.1) is 0 Å². The molecule has 3 rings (SSSR count). The Morgan fingerprint density at radius 1 is 1.15 bits per heavy atom. The molecule has 0 spiro atoms. The van der Waals surface area contributed by atoms with E-state index in [4.69, 9.17) is 21.1 Å². The predicted molar refractivity (Wildman–Crippen MR) is 101 cm³/mol. The Bertz CT molecular complexity index is 853. The molecule has 1 aliphatic rings. The number of hydrogen-bond acceptors (Lipinski definition) is 4. The number of carbonyl (C=O) groups excluding carboxylic acids is 2. The highest BCUT2D eigenvalue weighted by molar-refractivity contribution is 6.32. The maximum Gasteiger partial charge on any atom is 0.255 e. The van der Waals surface area contributed by atoms with E-state index in [-0.39, 0.29) is 11.8 Å². The summed E-state index contributed by atoms with van der Waals surface area (Å²) in [5.41, 5.74) is 1.60. The van der Waals surface area contributed by atoms with Gasteiger partial charge >= 0.3 is 0 Å². The molecule has 1 fully saturated rings. The van der Waals surface area contributed by atoms with Gasteiger partial charge in [-0.05, 0) is 30.7 Å². The average Bonchev–Trinajstić information content (AvgIpc) is 3.08. The number of amides is 2. The molecule has 136 valence electrons. The number of rotatable bonds is 5. The van der Waals surface area contributed by atoms with Crippen molar-refractivity contribution in [3.05, 3.63) is 47.0 Å². The lowest BCUT2D eigenvalue weighted by molar-refractivity contribution is -0.117. The summed E-state index contributed by atoms with van der Waals surface area (Å²) < 4.78 is 10.4. The molecule has 2 aromatic carbocycles. The van der Waals surface area contributed by atoms with E-state index in [9.17, 15) is 9.59 Å². The summed E-state index contributed by atoms with van der Waals surface area (Å²) in [6.07, 6.45) is 1.37. The van der Waals surface area contributed by atoms with Crippen LogP contribution in [0.5, 0.6) is 11.5 Å². The van der Waals surface area contributed by atoms with Gasteiger partial charge in [0, 0.05) is 30.3 Å². The molecule has 1 heterocycles. The van der Waals surface area contributed by atoms with Gasteiger partial charge in [-0.15, -0.1) is 0 Å². The van der Waals surface area contributed by atoms with Crippen molar-refractivity contribution in [2.45, 2.75) is 12.8 Å². The predicted octanol–water partition coefficient (Wildman–Crippen LogP) is 3.74. The lowest BCUT2D eigenvalue weighted by Crippen LogP contribution is -2.24. The molecule has 0 atom stereocenters. The quantitative estimate of drug-likeness (QED) is 0.865. The summed E-state index contributed by atoms with van der Waals surface area (Å²) in [4.78, 5) is 26.3. The molecule has 2 aromatic rings. The minimum atomic E-state index is -0.321. The monoisotopic (exact) mass is 374 g/mol. The van der Waals surface area contributed by atoms with Crippen molar-refractivity contribution < 1.29 is 19.1 Å². The molecule has 0 bridgehead atoms. The van der Waals surface area contributed by atoms with Crippen LogP contribution in [0.25, 0.3) is 0 Å². The zero-order valence-corrected chi connectivity index (χ0v) is 15.3. The number of hydrogen-bond donors (Lipinski definition) is 1. The van der Waals surface area contributed by atoms with Gasteiger partial charge in [-0.3, -0.25) is 9.59 Å². The van der Waals surface area contributed by atoms with Gasteiger partial charge in [0.2, 0.25) is 5.91 Å². The molecule has 1 saturated heterocycles. The average molecular weight is 375 g/mol. The second-order valence-electron chi connectivity index (χ2n) is 5.84. The van der Waals surface area contributed by atoms with Crippen LogP contribution in [0.3, 0.4) is 0 Å². The highest BCUT2D eigenvalue weighted by atomic mass is 35.5. The highest BCUT2D eigenvalue weighted by Crippen LogP contribution is 2.36. The number of nitrogens with zero attached hydrogens (tertiary/aromatic N) is 1. The zero-order valence-electron chi connectivity index (χ0n) is 14.5. The Morgan fingerprint density at radius 2 is 1.92 bits per heavy atom. The molecule has 0 unspecified atom stereocenters. The van der Waals surface area contributed by atoms with Crippen molar-refractivity contribution in [2.75, 3.05) is 31.0 Å². The second kappa shape index (κ2) is 7.66. The van der Waals surface area contributed by atoms with E-state index in [1.54, 1.807) is 35.2 Å². The third-order valence-electron chi connectivity index (χ3n) is 4.22. The van der Waals surface area contributed by atoms with E-state index in [1.165, 1.54) is 14.2 Å². The Morgan fingerprint density at radius 3 is 2.58 bits per heavy atom. The molecule has 1 N–H and O–H groups in total. The van der Waals surface area contributed by atoms with Crippen molar-refractivity contribution in [3.63, 3.8) is 0 Å².